The number of carbonyl (C=O) groups excluding carboxylic acids is 2. The second kappa shape index (κ2) is 7.92. The summed E-state index contributed by atoms with van der Waals surface area (Å²) < 4.78 is 1.79. The van der Waals surface area contributed by atoms with E-state index in [9.17, 15) is 9.59 Å². The number of carbonyl (C=O) groups is 2. The molecule has 0 radical (unpaired) electrons. The van der Waals surface area contributed by atoms with Crippen molar-refractivity contribution in [1.29, 1.82) is 0 Å². The van der Waals surface area contributed by atoms with Crippen molar-refractivity contribution < 1.29 is 9.59 Å². The number of rotatable bonds is 6. The molecule has 2 heterocycles. The van der Waals surface area contributed by atoms with Gasteiger partial charge in [0, 0.05) is 30.5 Å². The molecular formula is C20H27N5O2. The van der Waals surface area contributed by atoms with Crippen LogP contribution in [0.2, 0.25) is 0 Å². The number of para-hydroxylation sites is 1. The number of nitrogens with two attached hydrogens (primary N) is 1. The molecule has 1 aliphatic rings. The van der Waals surface area contributed by atoms with Crippen molar-refractivity contribution in [2.75, 3.05) is 11.9 Å². The smallest absolute Gasteiger partial charge is 0.234 e. The van der Waals surface area contributed by atoms with Gasteiger partial charge in [0.15, 0.2) is 0 Å². The minimum Gasteiger partial charge on any atom is -0.368 e. The monoisotopic (exact) mass is 369 g/mol. The Bertz CT molecular complexity index is 858. The lowest BCUT2D eigenvalue weighted by Crippen LogP contribution is -2.39. The quantitative estimate of drug-likeness (QED) is 0.810. The van der Waals surface area contributed by atoms with Crippen LogP contribution < -0.4 is 11.1 Å². The third kappa shape index (κ3) is 4.19. The molecule has 1 atom stereocenters. The van der Waals surface area contributed by atoms with Crippen molar-refractivity contribution >= 4 is 17.5 Å². The Labute approximate surface area is 159 Å². The number of aryl methyl sites for hydroxylation is 2. The molecule has 7 heteroatoms. The van der Waals surface area contributed by atoms with Gasteiger partial charge < -0.3 is 11.1 Å². The molecule has 2 amide bonds. The third-order valence-electron chi connectivity index (χ3n) is 5.35. The first-order valence-corrected chi connectivity index (χ1v) is 9.27. The molecule has 1 aromatic carbocycles. The van der Waals surface area contributed by atoms with Crippen molar-refractivity contribution in [3.8, 4) is 0 Å². The normalized spacial score (nSPS) is 17.2. The number of amides is 2. The SMILES string of the molecule is Cc1nn(C)c(C)c1CC(=O)Nc1ccccc1CN1CCCC1C(N)=O. The van der Waals surface area contributed by atoms with Crippen LogP contribution in [0, 0.1) is 13.8 Å². The number of hydrogen-bond acceptors (Lipinski definition) is 4. The summed E-state index contributed by atoms with van der Waals surface area (Å²) in [5.41, 5.74) is 10.1. The lowest BCUT2D eigenvalue weighted by Gasteiger charge is -2.23. The largest absolute Gasteiger partial charge is 0.368 e. The summed E-state index contributed by atoms with van der Waals surface area (Å²) >= 11 is 0. The van der Waals surface area contributed by atoms with Gasteiger partial charge in [-0.15, -0.1) is 0 Å². The van der Waals surface area contributed by atoms with Crippen LogP contribution in [0.4, 0.5) is 5.69 Å². The Morgan fingerprint density at radius 1 is 1.30 bits per heavy atom. The fourth-order valence-corrected chi connectivity index (χ4v) is 3.76. The van der Waals surface area contributed by atoms with Gasteiger partial charge in [0.25, 0.3) is 0 Å². The molecule has 3 rings (SSSR count). The molecule has 0 aliphatic carbocycles. The van der Waals surface area contributed by atoms with Crippen molar-refractivity contribution in [3.63, 3.8) is 0 Å². The molecule has 7 nitrogen and oxygen atoms in total. The molecule has 1 unspecified atom stereocenters. The van der Waals surface area contributed by atoms with Gasteiger partial charge in [0.1, 0.15) is 0 Å². The van der Waals surface area contributed by atoms with E-state index in [2.05, 4.69) is 15.3 Å². The molecule has 144 valence electrons. The van der Waals surface area contributed by atoms with Gasteiger partial charge in [0.05, 0.1) is 18.2 Å². The zero-order chi connectivity index (χ0) is 19.6. The number of hydrogen-bond donors (Lipinski definition) is 2. The lowest BCUT2D eigenvalue weighted by molar-refractivity contribution is -0.122. The molecule has 1 fully saturated rings. The molecular weight excluding hydrogens is 342 g/mol. The van der Waals surface area contributed by atoms with Crippen LogP contribution in [-0.2, 0) is 29.6 Å². The number of nitrogens with zero attached hydrogens (tertiary/aromatic N) is 3. The molecule has 0 saturated carbocycles. The topological polar surface area (TPSA) is 93.2 Å². The second-order valence-corrected chi connectivity index (χ2v) is 7.19. The minimum absolute atomic E-state index is 0.0745. The highest BCUT2D eigenvalue weighted by Gasteiger charge is 2.29. The number of nitrogens with one attached hydrogen (secondary N) is 1. The molecule has 1 aliphatic heterocycles. The van der Waals surface area contributed by atoms with E-state index in [1.165, 1.54) is 0 Å². The van der Waals surface area contributed by atoms with E-state index in [0.717, 1.165) is 47.6 Å². The van der Waals surface area contributed by atoms with Crippen molar-refractivity contribution in [3.05, 3.63) is 46.8 Å². The van der Waals surface area contributed by atoms with E-state index in [0.29, 0.717) is 6.54 Å². The van der Waals surface area contributed by atoms with E-state index in [-0.39, 0.29) is 24.3 Å². The van der Waals surface area contributed by atoms with Gasteiger partial charge >= 0.3 is 0 Å². The van der Waals surface area contributed by atoms with Crippen molar-refractivity contribution in [2.24, 2.45) is 12.8 Å². The van der Waals surface area contributed by atoms with Crippen LogP contribution in [0.1, 0.15) is 35.4 Å². The van der Waals surface area contributed by atoms with Gasteiger partial charge in [-0.05, 0) is 44.9 Å². The zero-order valence-electron chi connectivity index (χ0n) is 16.2. The molecule has 1 aromatic heterocycles. The Kier molecular flexibility index (Phi) is 5.60. The number of benzene rings is 1. The van der Waals surface area contributed by atoms with Crippen LogP contribution in [0.3, 0.4) is 0 Å². The molecule has 3 N–H and O–H groups in total. The van der Waals surface area contributed by atoms with Crippen LogP contribution in [0.15, 0.2) is 24.3 Å². The van der Waals surface area contributed by atoms with Crippen molar-refractivity contribution in [2.45, 2.75) is 45.7 Å². The van der Waals surface area contributed by atoms with Crippen LogP contribution in [0.25, 0.3) is 0 Å². The van der Waals surface area contributed by atoms with Gasteiger partial charge in [-0.25, -0.2) is 0 Å². The van der Waals surface area contributed by atoms with Crippen LogP contribution in [-0.4, -0.2) is 39.1 Å². The summed E-state index contributed by atoms with van der Waals surface area (Å²) in [7, 11) is 1.88. The molecule has 1 saturated heterocycles. The van der Waals surface area contributed by atoms with Crippen LogP contribution in [0.5, 0.6) is 0 Å². The summed E-state index contributed by atoms with van der Waals surface area (Å²) in [6.07, 6.45) is 2.04. The van der Waals surface area contributed by atoms with Gasteiger partial charge in [-0.1, -0.05) is 18.2 Å². The van der Waals surface area contributed by atoms with Crippen LogP contribution >= 0.6 is 0 Å². The highest BCUT2D eigenvalue weighted by molar-refractivity contribution is 5.93. The third-order valence-corrected chi connectivity index (χ3v) is 5.35. The molecule has 27 heavy (non-hydrogen) atoms. The predicted octanol–water partition coefficient (Wildman–Crippen LogP) is 1.67. The van der Waals surface area contributed by atoms with Gasteiger partial charge in [-0.3, -0.25) is 19.2 Å². The fourth-order valence-electron chi connectivity index (χ4n) is 3.76. The van der Waals surface area contributed by atoms with E-state index >= 15 is 0 Å². The highest BCUT2D eigenvalue weighted by atomic mass is 16.2. The van der Waals surface area contributed by atoms with Gasteiger partial charge in [-0.2, -0.15) is 5.10 Å². The summed E-state index contributed by atoms with van der Waals surface area (Å²) in [5.74, 6) is -0.355. The molecule has 2 aromatic rings. The maximum atomic E-state index is 12.6. The Balaban J connectivity index is 1.72. The zero-order valence-corrected chi connectivity index (χ0v) is 16.2. The maximum absolute atomic E-state index is 12.6. The average Bonchev–Trinajstić information content (AvgIpc) is 3.17. The number of primary amides is 1. The Morgan fingerprint density at radius 3 is 2.70 bits per heavy atom. The maximum Gasteiger partial charge on any atom is 0.234 e. The van der Waals surface area contributed by atoms with E-state index in [1.54, 1.807) is 4.68 Å². The Morgan fingerprint density at radius 2 is 2.04 bits per heavy atom. The number of likely N-dealkylation sites (tertiary alicyclic amines) is 1. The first-order chi connectivity index (χ1) is 12.9. The first kappa shape index (κ1) is 19.1. The number of aromatic nitrogens is 2. The summed E-state index contributed by atoms with van der Waals surface area (Å²) in [6, 6.07) is 7.48. The fraction of sp³-hybridized carbons (Fsp3) is 0.450. The lowest BCUT2D eigenvalue weighted by atomic mass is 10.1. The summed E-state index contributed by atoms with van der Waals surface area (Å²) in [4.78, 5) is 26.3. The van der Waals surface area contributed by atoms with E-state index in [4.69, 9.17) is 5.73 Å². The number of anilines is 1. The molecule has 0 bridgehead atoms. The van der Waals surface area contributed by atoms with Crippen molar-refractivity contribution in [1.82, 2.24) is 14.7 Å². The second-order valence-electron chi connectivity index (χ2n) is 7.19. The average molecular weight is 369 g/mol. The Hall–Kier alpha value is -2.67. The van der Waals surface area contributed by atoms with E-state index < -0.39 is 0 Å². The standard InChI is InChI=1S/C20H27N5O2/c1-13-16(14(2)24(3)23-13)11-19(26)22-17-8-5-4-7-15(17)12-25-10-6-9-18(25)20(21)27/h4-5,7-8,18H,6,9-12H2,1-3H3,(H2,21,27)(H,22,26). The summed E-state index contributed by atoms with van der Waals surface area (Å²) in [6.45, 7) is 5.31. The minimum atomic E-state index is -0.281. The predicted molar refractivity (Wildman–Crippen MR) is 104 cm³/mol. The first-order valence-electron chi connectivity index (χ1n) is 9.27. The highest BCUT2D eigenvalue weighted by Crippen LogP contribution is 2.24. The van der Waals surface area contributed by atoms with Gasteiger partial charge in [0.2, 0.25) is 11.8 Å². The van der Waals surface area contributed by atoms with E-state index in [1.807, 2.05) is 45.2 Å². The summed E-state index contributed by atoms with van der Waals surface area (Å²) in [5, 5.41) is 7.39. The molecule has 0 spiro atoms.